The van der Waals surface area contributed by atoms with Gasteiger partial charge in [0.05, 0.1) is 10.5 Å². The van der Waals surface area contributed by atoms with Crippen LogP contribution in [0.2, 0.25) is 0 Å². The summed E-state index contributed by atoms with van der Waals surface area (Å²) in [6.45, 7) is 5.97. The van der Waals surface area contributed by atoms with Crippen LogP contribution in [0.4, 0.5) is 13.2 Å². The van der Waals surface area contributed by atoms with Crippen molar-refractivity contribution in [3.05, 3.63) is 53.6 Å². The van der Waals surface area contributed by atoms with Gasteiger partial charge in [-0.05, 0) is 37.3 Å². The van der Waals surface area contributed by atoms with Crippen LogP contribution in [0.3, 0.4) is 0 Å². The van der Waals surface area contributed by atoms with Crippen molar-refractivity contribution in [2.45, 2.75) is 31.8 Å². The maximum Gasteiger partial charge on any atom is 0.416 e. The summed E-state index contributed by atoms with van der Waals surface area (Å²) in [5.74, 6) is 0.392. The maximum absolute atomic E-state index is 12.9. The van der Waals surface area contributed by atoms with E-state index in [-0.39, 0.29) is 22.4 Å². The lowest BCUT2D eigenvalue weighted by molar-refractivity contribution is -0.137. The molecule has 2 aromatic carbocycles. The molecule has 0 aliphatic heterocycles. The number of alkyl halides is 3. The summed E-state index contributed by atoms with van der Waals surface area (Å²) in [5.41, 5.74) is 0.609. The highest BCUT2D eigenvalue weighted by atomic mass is 32.2. The third-order valence-electron chi connectivity index (χ3n) is 5.34. The quantitative estimate of drug-likeness (QED) is 0.362. The molecule has 0 saturated heterocycles. The van der Waals surface area contributed by atoms with Crippen LogP contribution in [0.5, 0.6) is 0 Å². The molecule has 0 radical (unpaired) electrons. The van der Waals surface area contributed by atoms with Crippen molar-refractivity contribution in [3.63, 3.8) is 0 Å². The van der Waals surface area contributed by atoms with Gasteiger partial charge in [-0.2, -0.15) is 22.5 Å². The van der Waals surface area contributed by atoms with E-state index in [0.29, 0.717) is 35.2 Å². The molecule has 0 aliphatic carbocycles. The van der Waals surface area contributed by atoms with E-state index in [0.717, 1.165) is 12.1 Å². The summed E-state index contributed by atoms with van der Waals surface area (Å²) >= 11 is 0. The van der Waals surface area contributed by atoms with Crippen molar-refractivity contribution in [1.82, 2.24) is 14.4 Å². The molecule has 0 spiro atoms. The summed E-state index contributed by atoms with van der Waals surface area (Å²) in [7, 11) is -3.65. The van der Waals surface area contributed by atoms with E-state index in [4.69, 9.17) is 8.94 Å². The summed E-state index contributed by atoms with van der Waals surface area (Å²) in [5, 5.41) is 4.41. The van der Waals surface area contributed by atoms with Crippen LogP contribution in [-0.4, -0.2) is 36.0 Å². The Bertz CT molecular complexity index is 1400. The Labute approximate surface area is 187 Å². The predicted octanol–water partition coefficient (Wildman–Crippen LogP) is 5.51. The zero-order chi connectivity index (χ0) is 24.0. The van der Waals surface area contributed by atoms with Crippen molar-refractivity contribution in [3.8, 4) is 23.0 Å². The smallest absolute Gasteiger partial charge is 0.416 e. The first-order chi connectivity index (χ1) is 15.6. The third-order valence-corrected chi connectivity index (χ3v) is 7.39. The Kier molecular flexibility index (Phi) is 5.79. The molecule has 0 unspecified atom stereocenters. The van der Waals surface area contributed by atoms with Crippen LogP contribution in [0.1, 0.15) is 25.0 Å². The maximum atomic E-state index is 12.9. The van der Waals surface area contributed by atoms with Crippen molar-refractivity contribution in [2.24, 2.45) is 0 Å². The van der Waals surface area contributed by atoms with Crippen LogP contribution in [-0.2, 0) is 16.2 Å². The fraction of sp³-hybridized carbons (Fsp3) is 0.273. The lowest BCUT2D eigenvalue weighted by Crippen LogP contribution is -2.30. The molecule has 11 heteroatoms. The van der Waals surface area contributed by atoms with Crippen molar-refractivity contribution in [1.29, 1.82) is 0 Å². The molecule has 0 saturated carbocycles. The molecule has 7 nitrogen and oxygen atoms in total. The fourth-order valence-electron chi connectivity index (χ4n) is 3.52. The summed E-state index contributed by atoms with van der Waals surface area (Å²) in [4.78, 5) is 4.39. The second-order valence-electron chi connectivity index (χ2n) is 7.30. The van der Waals surface area contributed by atoms with Gasteiger partial charge in [-0.1, -0.05) is 31.1 Å². The number of aromatic nitrogens is 2. The van der Waals surface area contributed by atoms with E-state index in [9.17, 15) is 21.6 Å². The molecule has 0 atom stereocenters. The van der Waals surface area contributed by atoms with Gasteiger partial charge < -0.3 is 8.94 Å². The zero-order valence-electron chi connectivity index (χ0n) is 18.0. The largest absolute Gasteiger partial charge is 0.451 e. The van der Waals surface area contributed by atoms with E-state index >= 15 is 0 Å². The molecule has 2 heterocycles. The number of aryl methyl sites for hydroxylation is 1. The van der Waals surface area contributed by atoms with Gasteiger partial charge in [-0.15, -0.1) is 0 Å². The highest BCUT2D eigenvalue weighted by Gasteiger charge is 2.30. The van der Waals surface area contributed by atoms with Gasteiger partial charge in [0.1, 0.15) is 5.58 Å². The van der Waals surface area contributed by atoms with Gasteiger partial charge in [0.25, 0.3) is 5.89 Å². The average Bonchev–Trinajstić information content (AvgIpc) is 3.39. The number of rotatable bonds is 6. The van der Waals surface area contributed by atoms with E-state index in [1.807, 2.05) is 0 Å². The normalized spacial score (nSPS) is 12.7. The molecule has 4 aromatic rings. The average molecular weight is 479 g/mol. The first kappa shape index (κ1) is 23.0. The van der Waals surface area contributed by atoms with E-state index < -0.39 is 21.8 Å². The molecule has 174 valence electrons. The molecule has 4 rings (SSSR count). The number of nitrogens with zero attached hydrogens (tertiary/aromatic N) is 3. The number of benzene rings is 2. The van der Waals surface area contributed by atoms with Crippen molar-refractivity contribution in [2.75, 3.05) is 13.1 Å². The van der Waals surface area contributed by atoms with Crippen LogP contribution in [0.15, 0.2) is 56.3 Å². The topological polar surface area (TPSA) is 89.4 Å². The molecule has 2 aromatic heterocycles. The standard InChI is InChI=1S/C22H20F3N3O4S/c1-4-28(5-2)33(29,30)16-10-11-18-17(12-16)13(3)19(31-18)21-26-20(27-32-21)14-6-8-15(9-7-14)22(23,24)25/h6-12H,4-5H2,1-3H3. The van der Waals surface area contributed by atoms with Gasteiger partial charge in [0.2, 0.25) is 15.8 Å². The highest BCUT2D eigenvalue weighted by molar-refractivity contribution is 7.89. The molecule has 0 N–H and O–H groups in total. The number of furan rings is 1. The molecule has 0 amide bonds. The first-order valence-electron chi connectivity index (χ1n) is 10.1. The monoisotopic (exact) mass is 479 g/mol. The minimum Gasteiger partial charge on any atom is -0.451 e. The number of hydrogen-bond donors (Lipinski definition) is 0. The number of hydrogen-bond acceptors (Lipinski definition) is 6. The SMILES string of the molecule is CCN(CC)S(=O)(=O)c1ccc2oc(-c3nc(-c4ccc(C(F)(F)F)cc4)no3)c(C)c2c1. The highest BCUT2D eigenvalue weighted by Crippen LogP contribution is 2.35. The fourth-order valence-corrected chi connectivity index (χ4v) is 5.00. The second kappa shape index (κ2) is 8.31. The van der Waals surface area contributed by atoms with Crippen LogP contribution < -0.4 is 0 Å². The second-order valence-corrected chi connectivity index (χ2v) is 9.24. The number of halogens is 3. The summed E-state index contributed by atoms with van der Waals surface area (Å²) < 4.78 is 76.5. The molecule has 33 heavy (non-hydrogen) atoms. The Morgan fingerprint density at radius 1 is 1.03 bits per heavy atom. The van der Waals surface area contributed by atoms with Gasteiger partial charge >= 0.3 is 6.18 Å². The number of sulfonamides is 1. The van der Waals surface area contributed by atoms with Gasteiger partial charge in [-0.3, -0.25) is 0 Å². The molecule has 0 aliphatic rings. The Hall–Kier alpha value is -3.18. The van der Waals surface area contributed by atoms with Crippen molar-refractivity contribution < 1.29 is 30.5 Å². The van der Waals surface area contributed by atoms with E-state index in [1.54, 1.807) is 32.9 Å². The number of fused-ring (bicyclic) bond motifs is 1. The summed E-state index contributed by atoms with van der Waals surface area (Å²) in [6.07, 6.45) is -4.44. The van der Waals surface area contributed by atoms with Crippen molar-refractivity contribution >= 4 is 21.0 Å². The van der Waals surface area contributed by atoms with Crippen LogP contribution in [0.25, 0.3) is 34.0 Å². The van der Waals surface area contributed by atoms with Gasteiger partial charge in [0.15, 0.2) is 5.76 Å². The van der Waals surface area contributed by atoms with Gasteiger partial charge in [-0.25, -0.2) is 8.42 Å². The van der Waals surface area contributed by atoms with Crippen LogP contribution >= 0.6 is 0 Å². The van der Waals surface area contributed by atoms with E-state index in [1.165, 1.54) is 22.5 Å². The molecule has 0 bridgehead atoms. The summed E-state index contributed by atoms with van der Waals surface area (Å²) in [6, 6.07) is 8.98. The van der Waals surface area contributed by atoms with E-state index in [2.05, 4.69) is 10.1 Å². The molecule has 0 fully saturated rings. The lowest BCUT2D eigenvalue weighted by atomic mass is 10.1. The van der Waals surface area contributed by atoms with Crippen LogP contribution in [0, 0.1) is 6.92 Å². The molecular weight excluding hydrogens is 459 g/mol. The third kappa shape index (κ3) is 4.13. The Balaban J connectivity index is 1.70. The molecular formula is C22H20F3N3O4S. The van der Waals surface area contributed by atoms with Gasteiger partial charge in [0, 0.05) is 29.6 Å². The minimum absolute atomic E-state index is 0.0340. The Morgan fingerprint density at radius 2 is 1.70 bits per heavy atom. The Morgan fingerprint density at radius 3 is 2.30 bits per heavy atom. The zero-order valence-corrected chi connectivity index (χ0v) is 18.8. The minimum atomic E-state index is -4.44. The predicted molar refractivity (Wildman–Crippen MR) is 115 cm³/mol. The lowest BCUT2D eigenvalue weighted by Gasteiger charge is -2.18. The first-order valence-corrected chi connectivity index (χ1v) is 11.5.